The summed E-state index contributed by atoms with van der Waals surface area (Å²) in [6.07, 6.45) is 0. The summed E-state index contributed by atoms with van der Waals surface area (Å²) in [6.45, 7) is 14.3. The van der Waals surface area contributed by atoms with E-state index in [4.69, 9.17) is 0 Å². The molecule has 3 heteroatoms. The Morgan fingerprint density at radius 3 is 1.73 bits per heavy atom. The summed E-state index contributed by atoms with van der Waals surface area (Å²) in [6, 6.07) is 12.5. The molecule has 0 spiro atoms. The summed E-state index contributed by atoms with van der Waals surface area (Å²) in [5.74, 6) is 1.72. The van der Waals surface area contributed by atoms with Crippen LogP contribution in [0.2, 0.25) is 13.3 Å². The smallest absolute Gasteiger partial charge is 0.0721 e. The van der Waals surface area contributed by atoms with E-state index in [1.807, 2.05) is 24.3 Å². The van der Waals surface area contributed by atoms with E-state index >= 15 is 0 Å². The van der Waals surface area contributed by atoms with E-state index in [0.717, 1.165) is 28.5 Å². The molecule has 0 aliphatic heterocycles. The van der Waals surface area contributed by atoms with E-state index in [1.54, 1.807) is 31.5 Å². The molecule has 0 amide bonds. The van der Waals surface area contributed by atoms with E-state index in [0.29, 0.717) is 0 Å². The van der Waals surface area contributed by atoms with E-state index in [-0.39, 0.29) is 5.56 Å². The molecule has 0 aromatic heterocycles. The zero-order chi connectivity index (χ0) is 19.7. The van der Waals surface area contributed by atoms with Crippen molar-refractivity contribution in [3.05, 3.63) is 48.0 Å². The number of aromatic carboxylic acids is 1. The molecule has 0 aliphatic rings. The predicted octanol–water partition coefficient (Wildman–Crippen LogP) is 5.65. The zero-order valence-corrected chi connectivity index (χ0v) is 20.1. The Labute approximate surface area is 166 Å². The average Bonchev–Trinajstić information content (AvgIpc) is 2.52. The topological polar surface area (TPSA) is 40.1 Å². The summed E-state index contributed by atoms with van der Waals surface area (Å²) in [5.41, 5.74) is 0.248. The van der Waals surface area contributed by atoms with Crippen molar-refractivity contribution in [2.45, 2.75) is 54.9 Å². The van der Waals surface area contributed by atoms with Crippen molar-refractivity contribution in [1.29, 1.82) is 0 Å². The summed E-state index contributed by atoms with van der Waals surface area (Å²) >= 11 is -0.976. The maximum atomic E-state index is 10.7. The van der Waals surface area contributed by atoms with Crippen LogP contribution in [0.1, 0.15) is 51.9 Å². The van der Waals surface area contributed by atoms with Crippen molar-refractivity contribution in [2.24, 2.45) is 17.8 Å². The summed E-state index contributed by atoms with van der Waals surface area (Å²) < 4.78 is 4.83. The molecule has 0 atom stereocenters. The van der Waals surface area contributed by atoms with Gasteiger partial charge in [-0.1, -0.05) is 42.5 Å². The second kappa shape index (κ2) is 11.6. The van der Waals surface area contributed by atoms with Gasteiger partial charge in [-0.15, -0.1) is 0 Å². The first-order valence-corrected chi connectivity index (χ1v) is 15.8. The van der Waals surface area contributed by atoms with Crippen LogP contribution in [0.25, 0.3) is 10.8 Å². The van der Waals surface area contributed by atoms with E-state index in [2.05, 4.69) is 41.5 Å². The van der Waals surface area contributed by atoms with Gasteiger partial charge < -0.3 is 9.90 Å². The molecule has 0 aliphatic carbocycles. The van der Waals surface area contributed by atoms with Crippen LogP contribution in [0.4, 0.5) is 0 Å². The quantitative estimate of drug-likeness (QED) is 0.500. The van der Waals surface area contributed by atoms with Gasteiger partial charge in [-0.3, -0.25) is 0 Å². The molecular formula is C23H34O2Sn. The number of carbonyl (C=O) groups is 1. The maximum absolute atomic E-state index is 10.7. The molecule has 0 radical (unpaired) electrons. The molecule has 0 saturated carbocycles. The van der Waals surface area contributed by atoms with Gasteiger partial charge in [0.05, 0.1) is 5.97 Å². The Morgan fingerprint density at radius 1 is 0.808 bits per heavy atom. The number of carboxylic acid groups (broad SMARTS) is 1. The molecule has 0 heterocycles. The molecule has 0 fully saturated rings. The SMILES string of the molecule is CC(C)[CH2][Sn+]([CH2]C(C)C)[CH2]C(C)C.O=C([O-])c1cccc2ccccc12. The van der Waals surface area contributed by atoms with Crippen molar-refractivity contribution in [3.8, 4) is 0 Å². The van der Waals surface area contributed by atoms with Gasteiger partial charge in [-0.25, -0.2) is 0 Å². The Balaban J connectivity index is 0.000000260. The molecule has 0 bridgehead atoms. The Bertz CT molecular complexity index is 648. The third-order valence-corrected chi connectivity index (χ3v) is 16.0. The minimum atomic E-state index is -1.13. The number of rotatable bonds is 7. The van der Waals surface area contributed by atoms with Gasteiger partial charge in [0, 0.05) is 5.56 Å². The number of hydrogen-bond acceptors (Lipinski definition) is 2. The van der Waals surface area contributed by atoms with Crippen LogP contribution in [0.5, 0.6) is 0 Å². The number of carboxylic acids is 1. The monoisotopic (exact) mass is 462 g/mol. The maximum Gasteiger partial charge on any atom is 0.0721 e. The van der Waals surface area contributed by atoms with Crippen LogP contribution in [-0.2, 0) is 0 Å². The molecule has 0 N–H and O–H groups in total. The molecule has 2 rings (SSSR count). The van der Waals surface area contributed by atoms with Crippen LogP contribution in [0, 0.1) is 17.8 Å². The third kappa shape index (κ3) is 8.57. The van der Waals surface area contributed by atoms with Gasteiger partial charge in [0.2, 0.25) is 0 Å². The number of benzene rings is 2. The van der Waals surface area contributed by atoms with Crippen molar-refractivity contribution in [3.63, 3.8) is 0 Å². The first-order chi connectivity index (χ1) is 12.2. The number of hydrogen-bond donors (Lipinski definition) is 0. The summed E-state index contributed by atoms with van der Waals surface area (Å²) in [5, 5.41) is 12.4. The molecule has 2 nitrogen and oxygen atoms in total. The zero-order valence-electron chi connectivity index (χ0n) is 17.2. The van der Waals surface area contributed by atoms with Crippen molar-refractivity contribution in [1.82, 2.24) is 0 Å². The molecule has 0 saturated heterocycles. The Morgan fingerprint density at radius 2 is 1.27 bits per heavy atom. The molecule has 2 aromatic carbocycles. The first-order valence-electron chi connectivity index (χ1n) is 9.73. The first kappa shape index (κ1) is 23.0. The fourth-order valence-electron chi connectivity index (χ4n) is 3.39. The molecule has 0 unspecified atom stereocenters. The minimum absolute atomic E-state index is 0.248. The van der Waals surface area contributed by atoms with E-state index in [1.165, 1.54) is 0 Å². The van der Waals surface area contributed by atoms with Crippen molar-refractivity contribution in [2.75, 3.05) is 0 Å². The van der Waals surface area contributed by atoms with Gasteiger partial charge >= 0.3 is 92.4 Å². The van der Waals surface area contributed by atoms with Crippen LogP contribution >= 0.6 is 0 Å². The van der Waals surface area contributed by atoms with Crippen LogP contribution in [0.15, 0.2) is 42.5 Å². The van der Waals surface area contributed by atoms with Crippen molar-refractivity contribution >= 4 is 36.5 Å². The van der Waals surface area contributed by atoms with Gasteiger partial charge in [0.25, 0.3) is 0 Å². The predicted molar refractivity (Wildman–Crippen MR) is 113 cm³/mol. The van der Waals surface area contributed by atoms with E-state index < -0.39 is 25.7 Å². The standard InChI is InChI=1S/C11H8O2.3C4H9.Sn/c12-11(13)10-7-3-5-8-4-1-2-6-9(8)10;3*1-4(2)3;/h1-7H,(H,12,13);3*4H,1H2,2-3H3;/q;;;;+1/p-1. The fourth-order valence-corrected chi connectivity index (χ4v) is 14.7. The molecule has 142 valence electrons. The van der Waals surface area contributed by atoms with Gasteiger partial charge in [-0.2, -0.15) is 0 Å². The molecular weight excluding hydrogens is 427 g/mol. The van der Waals surface area contributed by atoms with Crippen LogP contribution < -0.4 is 5.11 Å². The number of fused-ring (bicyclic) bond motifs is 1. The third-order valence-electron chi connectivity index (χ3n) is 4.10. The van der Waals surface area contributed by atoms with Crippen LogP contribution in [-0.4, -0.2) is 25.7 Å². The normalized spacial score (nSPS) is 11.0. The Kier molecular flexibility index (Phi) is 10.3. The fraction of sp³-hybridized carbons (Fsp3) is 0.522. The van der Waals surface area contributed by atoms with Gasteiger partial charge in [-0.05, 0) is 10.8 Å². The minimum Gasteiger partial charge on any atom is -0.545 e. The van der Waals surface area contributed by atoms with Gasteiger partial charge in [0.15, 0.2) is 0 Å². The molecule has 26 heavy (non-hydrogen) atoms. The average molecular weight is 461 g/mol. The van der Waals surface area contributed by atoms with E-state index in [9.17, 15) is 9.90 Å². The summed E-state index contributed by atoms with van der Waals surface area (Å²) in [7, 11) is 0. The number of carbonyl (C=O) groups excluding carboxylic acids is 1. The van der Waals surface area contributed by atoms with Gasteiger partial charge in [0.1, 0.15) is 0 Å². The second-order valence-corrected chi connectivity index (χ2v) is 16.1. The van der Waals surface area contributed by atoms with Crippen LogP contribution in [0.3, 0.4) is 0 Å². The van der Waals surface area contributed by atoms with Crippen molar-refractivity contribution < 1.29 is 9.90 Å². The second-order valence-electron chi connectivity index (χ2n) is 8.36. The summed E-state index contributed by atoms with van der Waals surface area (Å²) in [4.78, 5) is 10.7. The molecule has 2 aromatic rings. The Hall–Kier alpha value is -1.03. The largest absolute Gasteiger partial charge is 0.545 e.